The molecule has 0 bridgehead atoms. The van der Waals surface area contributed by atoms with Crippen molar-refractivity contribution in [3.8, 4) is 5.75 Å². The van der Waals surface area contributed by atoms with Crippen LogP contribution in [0.15, 0.2) is 16.6 Å². The van der Waals surface area contributed by atoms with E-state index in [2.05, 4.69) is 61.1 Å². The summed E-state index contributed by atoms with van der Waals surface area (Å²) >= 11 is 3.54. The molecule has 0 radical (unpaired) electrons. The lowest BCUT2D eigenvalue weighted by molar-refractivity contribution is 0.310. The molecule has 0 aliphatic rings. The fourth-order valence-corrected chi connectivity index (χ4v) is 2.28. The van der Waals surface area contributed by atoms with Gasteiger partial charge in [-0.15, -0.1) is 0 Å². The van der Waals surface area contributed by atoms with Gasteiger partial charge in [0.15, 0.2) is 0 Å². The van der Waals surface area contributed by atoms with E-state index in [1.165, 1.54) is 11.1 Å². The molecule has 17 heavy (non-hydrogen) atoms. The highest BCUT2D eigenvalue weighted by atomic mass is 79.9. The summed E-state index contributed by atoms with van der Waals surface area (Å²) in [6.45, 7) is 10.1. The first-order valence-electron chi connectivity index (χ1n) is 6.19. The number of halogens is 1. The number of benzene rings is 1. The van der Waals surface area contributed by atoms with E-state index >= 15 is 0 Å². The van der Waals surface area contributed by atoms with Crippen molar-refractivity contribution in [1.82, 2.24) is 5.32 Å². The van der Waals surface area contributed by atoms with Crippen LogP contribution < -0.4 is 10.1 Å². The number of nitrogens with one attached hydrogen (secondary N) is 1. The van der Waals surface area contributed by atoms with Gasteiger partial charge in [0.25, 0.3) is 0 Å². The van der Waals surface area contributed by atoms with Gasteiger partial charge in [-0.05, 0) is 31.0 Å². The van der Waals surface area contributed by atoms with Crippen LogP contribution in [-0.4, -0.2) is 12.6 Å². The maximum atomic E-state index is 5.84. The molecule has 1 rings (SSSR count). The first-order chi connectivity index (χ1) is 8.04. The van der Waals surface area contributed by atoms with E-state index < -0.39 is 0 Å². The molecule has 0 aromatic heterocycles. The molecular formula is C14H22BrNO. The van der Waals surface area contributed by atoms with Crippen LogP contribution in [-0.2, 0) is 6.54 Å². The normalized spacial score (nSPS) is 10.9. The molecule has 1 aromatic rings. The molecule has 0 amide bonds. The zero-order valence-electron chi connectivity index (χ0n) is 11.1. The molecule has 0 aliphatic heterocycles. The van der Waals surface area contributed by atoms with Crippen LogP contribution in [0.3, 0.4) is 0 Å². The Morgan fingerprint density at radius 3 is 2.65 bits per heavy atom. The van der Waals surface area contributed by atoms with Crippen molar-refractivity contribution < 1.29 is 4.74 Å². The summed E-state index contributed by atoms with van der Waals surface area (Å²) in [5, 5.41) is 3.43. The Morgan fingerprint density at radius 2 is 2.06 bits per heavy atom. The Morgan fingerprint density at radius 1 is 1.35 bits per heavy atom. The van der Waals surface area contributed by atoms with Gasteiger partial charge >= 0.3 is 0 Å². The molecule has 2 nitrogen and oxygen atoms in total. The topological polar surface area (TPSA) is 21.3 Å². The fraction of sp³-hybridized carbons (Fsp3) is 0.571. The maximum Gasteiger partial charge on any atom is 0.126 e. The largest absolute Gasteiger partial charge is 0.493 e. The van der Waals surface area contributed by atoms with Gasteiger partial charge in [0.1, 0.15) is 5.75 Å². The first kappa shape index (κ1) is 14.5. The van der Waals surface area contributed by atoms with E-state index in [0.29, 0.717) is 6.04 Å². The average Bonchev–Trinajstić information content (AvgIpc) is 2.24. The highest BCUT2D eigenvalue weighted by Crippen LogP contribution is 2.28. The van der Waals surface area contributed by atoms with E-state index in [1.807, 2.05) is 0 Å². The van der Waals surface area contributed by atoms with E-state index in [0.717, 1.165) is 29.8 Å². The van der Waals surface area contributed by atoms with E-state index in [4.69, 9.17) is 4.74 Å². The molecule has 0 aliphatic carbocycles. The van der Waals surface area contributed by atoms with Crippen molar-refractivity contribution in [3.05, 3.63) is 27.7 Å². The van der Waals surface area contributed by atoms with Crippen LogP contribution in [0.1, 0.15) is 38.3 Å². The predicted octanol–water partition coefficient (Wildman–Crippen LogP) is 4.04. The maximum absolute atomic E-state index is 5.84. The Kier molecular flexibility index (Phi) is 6.00. The number of hydrogen-bond acceptors (Lipinski definition) is 2. The van der Waals surface area contributed by atoms with E-state index in [-0.39, 0.29) is 0 Å². The fourth-order valence-electron chi connectivity index (χ4n) is 1.66. The first-order valence-corrected chi connectivity index (χ1v) is 6.99. The zero-order valence-corrected chi connectivity index (χ0v) is 12.7. The average molecular weight is 300 g/mol. The third-order valence-electron chi connectivity index (χ3n) is 2.47. The van der Waals surface area contributed by atoms with Crippen LogP contribution in [0.25, 0.3) is 0 Å². The highest BCUT2D eigenvalue weighted by molar-refractivity contribution is 9.10. The Labute approximate surface area is 113 Å². The van der Waals surface area contributed by atoms with Crippen molar-refractivity contribution >= 4 is 15.9 Å². The SMILES string of the molecule is CCCOc1c(C)cc(Br)cc1CNC(C)C. The molecule has 96 valence electrons. The van der Waals surface area contributed by atoms with Gasteiger partial charge < -0.3 is 10.1 Å². The lowest BCUT2D eigenvalue weighted by Gasteiger charge is -2.16. The van der Waals surface area contributed by atoms with Gasteiger partial charge in [-0.2, -0.15) is 0 Å². The van der Waals surface area contributed by atoms with Crippen LogP contribution in [0, 0.1) is 6.92 Å². The second kappa shape index (κ2) is 7.02. The molecule has 0 spiro atoms. The van der Waals surface area contributed by atoms with E-state index in [9.17, 15) is 0 Å². The minimum absolute atomic E-state index is 0.480. The van der Waals surface area contributed by atoms with Crippen molar-refractivity contribution in [1.29, 1.82) is 0 Å². The third kappa shape index (κ3) is 4.68. The molecule has 3 heteroatoms. The Bertz CT molecular complexity index is 363. The molecule has 0 fully saturated rings. The summed E-state index contributed by atoms with van der Waals surface area (Å²) < 4.78 is 6.95. The lowest BCUT2D eigenvalue weighted by atomic mass is 10.1. The molecule has 0 unspecified atom stereocenters. The van der Waals surface area contributed by atoms with Crippen LogP contribution >= 0.6 is 15.9 Å². The minimum atomic E-state index is 0.480. The van der Waals surface area contributed by atoms with Gasteiger partial charge in [0.2, 0.25) is 0 Å². The quantitative estimate of drug-likeness (QED) is 0.856. The van der Waals surface area contributed by atoms with Gasteiger partial charge in [0.05, 0.1) is 6.61 Å². The summed E-state index contributed by atoms with van der Waals surface area (Å²) in [5.41, 5.74) is 2.41. The molecule has 0 saturated carbocycles. The Balaban J connectivity index is 2.89. The van der Waals surface area contributed by atoms with Crippen molar-refractivity contribution in [3.63, 3.8) is 0 Å². The van der Waals surface area contributed by atoms with Gasteiger partial charge in [-0.1, -0.05) is 36.7 Å². The van der Waals surface area contributed by atoms with Crippen LogP contribution in [0.4, 0.5) is 0 Å². The second-order valence-electron chi connectivity index (χ2n) is 4.59. The number of ether oxygens (including phenoxy) is 1. The standard InChI is InChI=1S/C14H22BrNO/c1-5-6-17-14-11(4)7-13(15)8-12(14)9-16-10(2)3/h7-8,10,16H,5-6,9H2,1-4H3. The van der Waals surface area contributed by atoms with Crippen molar-refractivity contribution in [2.45, 2.75) is 46.7 Å². The predicted molar refractivity (Wildman–Crippen MR) is 76.6 cm³/mol. The molecule has 0 atom stereocenters. The van der Waals surface area contributed by atoms with Gasteiger partial charge in [-0.25, -0.2) is 0 Å². The number of aryl methyl sites for hydroxylation is 1. The zero-order chi connectivity index (χ0) is 12.8. The monoisotopic (exact) mass is 299 g/mol. The number of hydrogen-bond donors (Lipinski definition) is 1. The molecule has 0 heterocycles. The van der Waals surface area contributed by atoms with Crippen molar-refractivity contribution in [2.75, 3.05) is 6.61 Å². The van der Waals surface area contributed by atoms with E-state index in [1.54, 1.807) is 0 Å². The summed E-state index contributed by atoms with van der Waals surface area (Å²) in [6, 6.07) is 4.71. The van der Waals surface area contributed by atoms with Crippen LogP contribution in [0.2, 0.25) is 0 Å². The summed E-state index contributed by atoms with van der Waals surface area (Å²) in [4.78, 5) is 0. The number of rotatable bonds is 6. The van der Waals surface area contributed by atoms with Gasteiger partial charge in [0, 0.05) is 22.6 Å². The second-order valence-corrected chi connectivity index (χ2v) is 5.51. The molecular weight excluding hydrogens is 278 g/mol. The summed E-state index contributed by atoms with van der Waals surface area (Å²) in [6.07, 6.45) is 1.03. The molecule has 1 aromatic carbocycles. The summed E-state index contributed by atoms with van der Waals surface area (Å²) in [5.74, 6) is 1.03. The third-order valence-corrected chi connectivity index (χ3v) is 2.93. The van der Waals surface area contributed by atoms with Crippen LogP contribution in [0.5, 0.6) is 5.75 Å². The smallest absolute Gasteiger partial charge is 0.126 e. The highest BCUT2D eigenvalue weighted by Gasteiger charge is 2.09. The molecule has 0 saturated heterocycles. The minimum Gasteiger partial charge on any atom is -0.493 e. The lowest BCUT2D eigenvalue weighted by Crippen LogP contribution is -2.22. The van der Waals surface area contributed by atoms with Crippen molar-refractivity contribution in [2.24, 2.45) is 0 Å². The Hall–Kier alpha value is -0.540. The van der Waals surface area contributed by atoms with Gasteiger partial charge in [-0.3, -0.25) is 0 Å². The molecule has 1 N–H and O–H groups in total. The summed E-state index contributed by atoms with van der Waals surface area (Å²) in [7, 11) is 0.